The van der Waals surface area contributed by atoms with Crippen LogP contribution in [0.2, 0.25) is 0 Å². The Morgan fingerprint density at radius 3 is 2.50 bits per heavy atom. The molecule has 1 aliphatic carbocycles. The maximum atomic E-state index is 5.94. The lowest BCUT2D eigenvalue weighted by Gasteiger charge is -2.24. The van der Waals surface area contributed by atoms with E-state index >= 15 is 0 Å². The molecule has 2 rings (SSSR count). The van der Waals surface area contributed by atoms with Crippen molar-refractivity contribution in [2.45, 2.75) is 58.5 Å². The van der Waals surface area contributed by atoms with Crippen molar-refractivity contribution in [3.8, 4) is 0 Å². The topological polar surface area (TPSA) is 15.8 Å². The van der Waals surface area contributed by atoms with Gasteiger partial charge in [-0.1, -0.05) is 38.8 Å². The van der Waals surface area contributed by atoms with Crippen LogP contribution in [0.15, 0.2) is 23.5 Å². The van der Waals surface area contributed by atoms with E-state index in [1.54, 1.807) is 0 Å². The second-order valence-corrected chi connectivity index (χ2v) is 5.70. The van der Waals surface area contributed by atoms with Crippen LogP contribution in [-0.4, -0.2) is 30.1 Å². The zero-order chi connectivity index (χ0) is 13.0. The number of unbranched alkanes of at least 4 members (excludes halogenated alkanes) is 2. The van der Waals surface area contributed by atoms with Crippen LogP contribution in [0.1, 0.15) is 52.9 Å². The third-order valence-corrected chi connectivity index (χ3v) is 3.98. The fourth-order valence-corrected chi connectivity index (χ4v) is 2.81. The maximum absolute atomic E-state index is 5.94. The Kier molecular flexibility index (Phi) is 4.50. The molecule has 0 bridgehead atoms. The maximum Gasteiger partial charge on any atom is 0.181 e. The summed E-state index contributed by atoms with van der Waals surface area (Å²) in [6.07, 6.45) is 10.7. The standard InChI is InChI=1S/C16H27NO/c1-4-6-11-17(12-7-5-2)13-16-10-8-9-14(3)15(16)18-16/h8-9H,4-7,10-13H2,1-3H3. The van der Waals surface area contributed by atoms with Crippen molar-refractivity contribution in [2.24, 2.45) is 0 Å². The molecule has 0 amide bonds. The average molecular weight is 249 g/mol. The predicted molar refractivity (Wildman–Crippen MR) is 76.5 cm³/mol. The summed E-state index contributed by atoms with van der Waals surface area (Å²) < 4.78 is 5.94. The molecule has 0 aromatic rings. The Balaban J connectivity index is 1.91. The fourth-order valence-electron chi connectivity index (χ4n) is 2.81. The minimum atomic E-state index is 0.0559. The summed E-state index contributed by atoms with van der Waals surface area (Å²) in [5, 5.41) is 0. The molecule has 1 atom stereocenters. The molecule has 0 aromatic carbocycles. The van der Waals surface area contributed by atoms with Crippen LogP contribution in [0.3, 0.4) is 0 Å². The van der Waals surface area contributed by atoms with E-state index in [0.717, 1.165) is 13.0 Å². The Hall–Kier alpha value is -0.760. The number of hydrogen-bond acceptors (Lipinski definition) is 2. The molecule has 0 saturated carbocycles. The SMILES string of the molecule is CCCCN(CCCC)CC12CC=CC(C)=C1O2. The van der Waals surface area contributed by atoms with Crippen LogP contribution in [0, 0.1) is 0 Å². The van der Waals surface area contributed by atoms with Gasteiger partial charge in [0.2, 0.25) is 0 Å². The number of hydrogen-bond donors (Lipinski definition) is 0. The molecule has 18 heavy (non-hydrogen) atoms. The summed E-state index contributed by atoms with van der Waals surface area (Å²) in [7, 11) is 0. The molecule has 2 nitrogen and oxygen atoms in total. The minimum absolute atomic E-state index is 0.0559. The lowest BCUT2D eigenvalue weighted by molar-refractivity contribution is 0.183. The van der Waals surface area contributed by atoms with Crippen molar-refractivity contribution in [3.05, 3.63) is 23.5 Å². The second-order valence-electron chi connectivity index (χ2n) is 5.70. The molecular formula is C16H27NO. The molecule has 102 valence electrons. The predicted octanol–water partition coefficient (Wildman–Crippen LogP) is 3.89. The van der Waals surface area contributed by atoms with Gasteiger partial charge in [-0.25, -0.2) is 0 Å². The number of nitrogens with zero attached hydrogens (tertiary/aromatic N) is 1. The van der Waals surface area contributed by atoms with Gasteiger partial charge in [-0.15, -0.1) is 0 Å². The van der Waals surface area contributed by atoms with E-state index in [4.69, 9.17) is 4.74 Å². The third kappa shape index (κ3) is 2.97. The monoisotopic (exact) mass is 249 g/mol. The first-order valence-electron chi connectivity index (χ1n) is 7.51. The third-order valence-electron chi connectivity index (χ3n) is 3.98. The largest absolute Gasteiger partial charge is 0.477 e. The molecule has 2 aliphatic rings. The highest BCUT2D eigenvalue weighted by atomic mass is 16.6. The van der Waals surface area contributed by atoms with E-state index in [1.807, 2.05) is 0 Å². The van der Waals surface area contributed by atoms with Gasteiger partial charge in [0.05, 0.1) is 0 Å². The van der Waals surface area contributed by atoms with Crippen molar-refractivity contribution in [1.82, 2.24) is 4.90 Å². The summed E-state index contributed by atoms with van der Waals surface area (Å²) in [4.78, 5) is 2.60. The normalized spacial score (nSPS) is 25.3. The fraction of sp³-hybridized carbons (Fsp3) is 0.750. The molecule has 0 N–H and O–H groups in total. The van der Waals surface area contributed by atoms with Crippen molar-refractivity contribution >= 4 is 0 Å². The summed E-state index contributed by atoms with van der Waals surface area (Å²) >= 11 is 0. The van der Waals surface area contributed by atoms with Crippen molar-refractivity contribution < 1.29 is 4.74 Å². The van der Waals surface area contributed by atoms with Gasteiger partial charge in [-0.3, -0.25) is 4.90 Å². The average Bonchev–Trinajstić information content (AvgIpc) is 3.09. The molecular weight excluding hydrogens is 222 g/mol. The Morgan fingerprint density at radius 1 is 1.22 bits per heavy atom. The highest BCUT2D eigenvalue weighted by Gasteiger charge is 2.54. The van der Waals surface area contributed by atoms with Crippen LogP contribution in [0.5, 0.6) is 0 Å². The lowest BCUT2D eigenvalue weighted by atomic mass is 9.95. The molecule has 1 saturated heterocycles. The van der Waals surface area contributed by atoms with Gasteiger partial charge in [0, 0.05) is 13.0 Å². The quantitative estimate of drug-likeness (QED) is 0.607. The summed E-state index contributed by atoms with van der Waals surface area (Å²) in [5.74, 6) is 1.25. The van der Waals surface area contributed by atoms with Gasteiger partial charge in [0.15, 0.2) is 5.60 Å². The Bertz CT molecular complexity index is 337. The van der Waals surface area contributed by atoms with E-state index in [-0.39, 0.29) is 5.60 Å². The van der Waals surface area contributed by atoms with Gasteiger partial charge in [0.1, 0.15) is 5.76 Å². The van der Waals surface area contributed by atoms with Crippen LogP contribution in [-0.2, 0) is 4.74 Å². The van der Waals surface area contributed by atoms with Crippen molar-refractivity contribution in [1.29, 1.82) is 0 Å². The van der Waals surface area contributed by atoms with Crippen LogP contribution in [0.25, 0.3) is 0 Å². The smallest absolute Gasteiger partial charge is 0.181 e. The van der Waals surface area contributed by atoms with E-state index in [1.165, 1.54) is 50.1 Å². The van der Waals surface area contributed by atoms with Gasteiger partial charge in [0.25, 0.3) is 0 Å². The summed E-state index contributed by atoms with van der Waals surface area (Å²) in [6.45, 7) is 10.2. The van der Waals surface area contributed by atoms with E-state index < -0.39 is 0 Å². The Morgan fingerprint density at radius 2 is 1.89 bits per heavy atom. The molecule has 1 heterocycles. The van der Waals surface area contributed by atoms with Crippen molar-refractivity contribution in [3.63, 3.8) is 0 Å². The number of allylic oxidation sites excluding steroid dienone is 2. The first-order valence-corrected chi connectivity index (χ1v) is 7.51. The van der Waals surface area contributed by atoms with Crippen LogP contribution in [0.4, 0.5) is 0 Å². The first kappa shape index (κ1) is 13.7. The lowest BCUT2D eigenvalue weighted by Crippen LogP contribution is -2.36. The molecule has 0 spiro atoms. The molecule has 1 unspecified atom stereocenters. The molecule has 1 fully saturated rings. The van der Waals surface area contributed by atoms with E-state index in [0.29, 0.717) is 0 Å². The van der Waals surface area contributed by atoms with Gasteiger partial charge < -0.3 is 4.74 Å². The number of rotatable bonds is 8. The zero-order valence-corrected chi connectivity index (χ0v) is 12.2. The van der Waals surface area contributed by atoms with E-state index in [9.17, 15) is 0 Å². The molecule has 2 heteroatoms. The Labute approximate surface area is 112 Å². The first-order chi connectivity index (χ1) is 8.72. The molecule has 1 aliphatic heterocycles. The van der Waals surface area contributed by atoms with Crippen molar-refractivity contribution in [2.75, 3.05) is 19.6 Å². The van der Waals surface area contributed by atoms with Crippen LogP contribution < -0.4 is 0 Å². The summed E-state index contributed by atoms with van der Waals surface area (Å²) in [6, 6.07) is 0. The number of fused-ring (bicyclic) bond motifs is 1. The molecule has 0 aromatic heterocycles. The number of epoxide rings is 1. The highest BCUT2D eigenvalue weighted by molar-refractivity contribution is 5.41. The van der Waals surface area contributed by atoms with Gasteiger partial charge in [-0.05, 0) is 38.4 Å². The van der Waals surface area contributed by atoms with E-state index in [2.05, 4.69) is 37.8 Å². The van der Waals surface area contributed by atoms with Gasteiger partial charge >= 0.3 is 0 Å². The molecule has 0 radical (unpaired) electrons. The highest BCUT2D eigenvalue weighted by Crippen LogP contribution is 2.49. The zero-order valence-electron chi connectivity index (χ0n) is 12.2. The van der Waals surface area contributed by atoms with Gasteiger partial charge in [-0.2, -0.15) is 0 Å². The number of ether oxygens (including phenoxy) is 1. The summed E-state index contributed by atoms with van der Waals surface area (Å²) in [5.41, 5.74) is 1.38. The second kappa shape index (κ2) is 5.92. The minimum Gasteiger partial charge on any atom is -0.477 e. The van der Waals surface area contributed by atoms with Crippen LogP contribution >= 0.6 is 0 Å².